The van der Waals surface area contributed by atoms with Crippen molar-refractivity contribution in [1.82, 2.24) is 18.5 Å². The van der Waals surface area contributed by atoms with Gasteiger partial charge in [0.1, 0.15) is 4.90 Å². The van der Waals surface area contributed by atoms with Gasteiger partial charge in [-0.1, -0.05) is 45.0 Å². The fourth-order valence-corrected chi connectivity index (χ4v) is 5.06. The Labute approximate surface area is 175 Å². The van der Waals surface area contributed by atoms with Crippen LogP contribution >= 0.6 is 0 Å². The maximum absolute atomic E-state index is 13.1. The molecule has 160 valence electrons. The monoisotopic (exact) mass is 430 g/mol. The van der Waals surface area contributed by atoms with Crippen molar-refractivity contribution < 1.29 is 13.2 Å². The highest BCUT2D eigenvalue weighted by molar-refractivity contribution is 7.89. The molecule has 9 heteroatoms. The van der Waals surface area contributed by atoms with Gasteiger partial charge < -0.3 is 4.74 Å². The van der Waals surface area contributed by atoms with Crippen molar-refractivity contribution in [2.24, 2.45) is 0 Å². The molecule has 0 amide bonds. The predicted octanol–water partition coefficient (Wildman–Crippen LogP) is 1.86. The van der Waals surface area contributed by atoms with Gasteiger partial charge in [-0.15, -0.1) is 5.10 Å². The Hall–Kier alpha value is -2.49. The normalized spacial score (nSPS) is 16.2. The van der Waals surface area contributed by atoms with E-state index in [9.17, 15) is 13.2 Å². The van der Waals surface area contributed by atoms with Crippen LogP contribution in [-0.4, -0.2) is 53.2 Å². The van der Waals surface area contributed by atoms with Crippen LogP contribution in [0.5, 0.6) is 0 Å². The van der Waals surface area contributed by atoms with Crippen LogP contribution in [0.1, 0.15) is 31.9 Å². The lowest BCUT2D eigenvalue weighted by molar-refractivity contribution is 0.0730. The van der Waals surface area contributed by atoms with Crippen molar-refractivity contribution in [3.63, 3.8) is 0 Å². The lowest BCUT2D eigenvalue weighted by Gasteiger charge is -2.25. The van der Waals surface area contributed by atoms with Gasteiger partial charge in [0.15, 0.2) is 5.65 Å². The van der Waals surface area contributed by atoms with Crippen molar-refractivity contribution in [3.05, 3.63) is 64.2 Å². The Bertz CT molecular complexity index is 1210. The number of pyridine rings is 1. The number of morpholine rings is 1. The second-order valence-electron chi connectivity index (χ2n) is 8.47. The van der Waals surface area contributed by atoms with Crippen LogP contribution in [0.4, 0.5) is 0 Å². The van der Waals surface area contributed by atoms with Crippen LogP contribution < -0.4 is 5.69 Å². The number of hydrogen-bond acceptors (Lipinski definition) is 5. The maximum Gasteiger partial charge on any atom is 0.350 e. The van der Waals surface area contributed by atoms with E-state index < -0.39 is 10.0 Å². The predicted molar refractivity (Wildman–Crippen MR) is 113 cm³/mol. The number of rotatable bonds is 4. The van der Waals surface area contributed by atoms with Crippen LogP contribution in [0.2, 0.25) is 0 Å². The second kappa shape index (κ2) is 7.64. The summed E-state index contributed by atoms with van der Waals surface area (Å²) in [5, 5.41) is 4.37. The third-order valence-corrected chi connectivity index (χ3v) is 7.23. The SMILES string of the molecule is CC(C)(C)c1ccc(Cn2nc3c(S(=O)(=O)N4CCOCC4)cccn3c2=O)cc1. The Morgan fingerprint density at radius 2 is 1.73 bits per heavy atom. The smallest absolute Gasteiger partial charge is 0.350 e. The van der Waals surface area contributed by atoms with Gasteiger partial charge in [0.05, 0.1) is 19.8 Å². The summed E-state index contributed by atoms with van der Waals surface area (Å²) >= 11 is 0. The molecule has 4 rings (SSSR count). The highest BCUT2D eigenvalue weighted by atomic mass is 32.2. The standard InChI is InChI=1S/C21H26N4O4S/c1-21(2,3)17-8-6-16(7-9-17)15-25-20(26)24-10-4-5-18(19(24)22-25)30(27,28)23-11-13-29-14-12-23/h4-10H,11-15H2,1-3H3. The van der Waals surface area contributed by atoms with Gasteiger partial charge in [-0.25, -0.2) is 22.3 Å². The van der Waals surface area contributed by atoms with E-state index in [2.05, 4.69) is 25.9 Å². The quantitative estimate of drug-likeness (QED) is 0.631. The molecule has 0 saturated carbocycles. The summed E-state index contributed by atoms with van der Waals surface area (Å²) in [6, 6.07) is 11.1. The molecule has 1 fully saturated rings. The Balaban J connectivity index is 1.71. The molecule has 0 radical (unpaired) electrons. The molecule has 1 saturated heterocycles. The summed E-state index contributed by atoms with van der Waals surface area (Å²) in [7, 11) is -3.77. The highest BCUT2D eigenvalue weighted by Gasteiger charge is 2.29. The van der Waals surface area contributed by atoms with Gasteiger partial charge in [-0.2, -0.15) is 4.31 Å². The van der Waals surface area contributed by atoms with E-state index in [4.69, 9.17) is 4.74 Å². The zero-order chi connectivity index (χ0) is 21.5. The first-order valence-corrected chi connectivity index (χ1v) is 11.4. The molecule has 1 aliphatic heterocycles. The van der Waals surface area contributed by atoms with Gasteiger partial charge in [0, 0.05) is 19.3 Å². The molecule has 3 aromatic rings. The third-order valence-electron chi connectivity index (χ3n) is 5.31. The second-order valence-corrected chi connectivity index (χ2v) is 10.4. The van der Waals surface area contributed by atoms with Gasteiger partial charge in [-0.3, -0.25) is 0 Å². The van der Waals surface area contributed by atoms with Crippen LogP contribution in [0.25, 0.3) is 5.65 Å². The van der Waals surface area contributed by atoms with E-state index in [1.807, 2.05) is 24.3 Å². The minimum absolute atomic E-state index is 0.0332. The highest BCUT2D eigenvalue weighted by Crippen LogP contribution is 2.23. The van der Waals surface area contributed by atoms with Crippen molar-refractivity contribution in [2.75, 3.05) is 26.3 Å². The van der Waals surface area contributed by atoms with E-state index in [0.29, 0.717) is 13.2 Å². The van der Waals surface area contributed by atoms with E-state index in [-0.39, 0.29) is 41.3 Å². The fourth-order valence-electron chi connectivity index (χ4n) is 3.53. The summed E-state index contributed by atoms with van der Waals surface area (Å²) in [6.07, 6.45) is 1.54. The Morgan fingerprint density at radius 3 is 2.37 bits per heavy atom. The zero-order valence-electron chi connectivity index (χ0n) is 17.4. The third kappa shape index (κ3) is 3.80. The number of hydrogen-bond donors (Lipinski definition) is 0. The summed E-state index contributed by atoms with van der Waals surface area (Å²) in [5.41, 5.74) is 1.93. The average molecular weight is 431 g/mol. The molecule has 1 aromatic carbocycles. The number of fused-ring (bicyclic) bond motifs is 1. The van der Waals surface area contributed by atoms with Crippen LogP contribution in [0.15, 0.2) is 52.3 Å². The van der Waals surface area contributed by atoms with Gasteiger partial charge in [0.2, 0.25) is 10.0 Å². The molecule has 0 atom stereocenters. The van der Waals surface area contributed by atoms with Crippen LogP contribution in [0.3, 0.4) is 0 Å². The number of sulfonamides is 1. The molecule has 0 spiro atoms. The zero-order valence-corrected chi connectivity index (χ0v) is 18.2. The average Bonchev–Trinajstić information content (AvgIpc) is 3.04. The van der Waals surface area contributed by atoms with Crippen LogP contribution in [0, 0.1) is 0 Å². The van der Waals surface area contributed by atoms with E-state index >= 15 is 0 Å². The summed E-state index contributed by atoms with van der Waals surface area (Å²) in [4.78, 5) is 12.9. The molecule has 8 nitrogen and oxygen atoms in total. The Morgan fingerprint density at radius 1 is 1.07 bits per heavy atom. The molecule has 0 unspecified atom stereocenters. The van der Waals surface area contributed by atoms with E-state index in [0.717, 1.165) is 5.56 Å². The molecular formula is C21H26N4O4S. The lowest BCUT2D eigenvalue weighted by Crippen LogP contribution is -2.40. The summed E-state index contributed by atoms with van der Waals surface area (Å²) in [6.45, 7) is 7.98. The molecule has 0 bridgehead atoms. The van der Waals surface area contributed by atoms with E-state index in [1.165, 1.54) is 25.0 Å². The van der Waals surface area contributed by atoms with E-state index in [1.54, 1.807) is 12.3 Å². The lowest BCUT2D eigenvalue weighted by atomic mass is 9.87. The van der Waals surface area contributed by atoms with Gasteiger partial charge in [-0.05, 0) is 28.7 Å². The summed E-state index contributed by atoms with van der Waals surface area (Å²) < 4.78 is 35.5. The van der Waals surface area contributed by atoms with Crippen molar-refractivity contribution >= 4 is 15.7 Å². The molecule has 0 aliphatic carbocycles. The number of nitrogens with zero attached hydrogens (tertiary/aromatic N) is 4. The largest absolute Gasteiger partial charge is 0.379 e. The Kier molecular flexibility index (Phi) is 5.29. The number of ether oxygens (including phenoxy) is 1. The van der Waals surface area contributed by atoms with Gasteiger partial charge in [0.25, 0.3) is 0 Å². The summed E-state index contributed by atoms with van der Waals surface area (Å²) in [5.74, 6) is 0. The van der Waals surface area contributed by atoms with Crippen molar-refractivity contribution in [3.8, 4) is 0 Å². The minimum atomic E-state index is -3.77. The first kappa shape index (κ1) is 20.8. The number of benzene rings is 1. The first-order chi connectivity index (χ1) is 14.2. The molecule has 3 heterocycles. The molecule has 2 aromatic heterocycles. The molecule has 0 N–H and O–H groups in total. The molecular weight excluding hydrogens is 404 g/mol. The number of aromatic nitrogens is 3. The maximum atomic E-state index is 13.1. The molecule has 30 heavy (non-hydrogen) atoms. The fraction of sp³-hybridized carbons (Fsp3) is 0.429. The van der Waals surface area contributed by atoms with Gasteiger partial charge >= 0.3 is 5.69 Å². The first-order valence-electron chi connectivity index (χ1n) is 9.93. The minimum Gasteiger partial charge on any atom is -0.379 e. The van der Waals surface area contributed by atoms with Crippen molar-refractivity contribution in [1.29, 1.82) is 0 Å². The topological polar surface area (TPSA) is 85.9 Å². The van der Waals surface area contributed by atoms with Crippen molar-refractivity contribution in [2.45, 2.75) is 37.6 Å². The van der Waals surface area contributed by atoms with Crippen LogP contribution in [-0.2, 0) is 26.7 Å². The molecule has 1 aliphatic rings.